The lowest BCUT2D eigenvalue weighted by atomic mass is 10.0. The molecule has 2 N–H and O–H groups in total. The number of hydrogen-bond acceptors (Lipinski definition) is 5. The van der Waals surface area contributed by atoms with Crippen molar-refractivity contribution in [3.05, 3.63) is 29.3 Å². The molecule has 2 aliphatic heterocycles. The zero-order valence-corrected chi connectivity index (χ0v) is 16.1. The zero-order chi connectivity index (χ0) is 20.1. The summed E-state index contributed by atoms with van der Waals surface area (Å²) < 4.78 is 0. The summed E-state index contributed by atoms with van der Waals surface area (Å²) in [6, 6.07) is 4.67. The van der Waals surface area contributed by atoms with E-state index in [1.165, 1.54) is 4.90 Å². The van der Waals surface area contributed by atoms with Crippen LogP contribution < -0.4 is 10.6 Å². The lowest BCUT2D eigenvalue weighted by Crippen LogP contribution is -2.52. The summed E-state index contributed by atoms with van der Waals surface area (Å²) >= 11 is 0. The van der Waals surface area contributed by atoms with E-state index in [0.717, 1.165) is 18.4 Å². The molecular formula is C20H24N4O4. The fourth-order valence-electron chi connectivity index (χ4n) is 4.11. The molecule has 1 aliphatic carbocycles. The van der Waals surface area contributed by atoms with Crippen molar-refractivity contribution in [3.8, 4) is 0 Å². The standard InChI is InChI=1S/C20H24N4O4/c1-23(2)11-20(7-8-20)19(28)21-13-4-3-12-10-24(18(27)14(12)9-13)15-5-6-16(25)22-17(15)26/h3-4,9,15H,5-8,10-11H2,1-2H3,(H,21,28)(H,22,25,26). The van der Waals surface area contributed by atoms with Crippen LogP contribution in [0.15, 0.2) is 18.2 Å². The van der Waals surface area contributed by atoms with Crippen molar-refractivity contribution in [2.24, 2.45) is 5.41 Å². The van der Waals surface area contributed by atoms with Crippen LogP contribution in [-0.4, -0.2) is 60.1 Å². The Morgan fingerprint density at radius 2 is 2.04 bits per heavy atom. The molecule has 0 aromatic heterocycles. The maximum absolute atomic E-state index is 12.9. The van der Waals surface area contributed by atoms with Crippen molar-refractivity contribution in [3.63, 3.8) is 0 Å². The number of carbonyl (C=O) groups is 4. The maximum atomic E-state index is 12.9. The van der Waals surface area contributed by atoms with Crippen LogP contribution >= 0.6 is 0 Å². The predicted molar refractivity (Wildman–Crippen MR) is 101 cm³/mol. The lowest BCUT2D eigenvalue weighted by Gasteiger charge is -2.29. The van der Waals surface area contributed by atoms with Gasteiger partial charge in [-0.1, -0.05) is 6.07 Å². The molecule has 1 unspecified atom stereocenters. The second kappa shape index (κ2) is 6.70. The Morgan fingerprint density at radius 3 is 2.68 bits per heavy atom. The van der Waals surface area contributed by atoms with Gasteiger partial charge < -0.3 is 15.1 Å². The van der Waals surface area contributed by atoms with Gasteiger partial charge >= 0.3 is 0 Å². The van der Waals surface area contributed by atoms with Gasteiger partial charge in [-0.15, -0.1) is 0 Å². The Kier molecular flexibility index (Phi) is 4.45. The number of piperidine rings is 1. The molecular weight excluding hydrogens is 360 g/mol. The summed E-state index contributed by atoms with van der Waals surface area (Å²) in [5.41, 5.74) is 1.57. The molecule has 1 aromatic rings. The van der Waals surface area contributed by atoms with Crippen LogP contribution in [0.2, 0.25) is 0 Å². The van der Waals surface area contributed by atoms with E-state index in [1.54, 1.807) is 12.1 Å². The van der Waals surface area contributed by atoms with Crippen molar-refractivity contribution < 1.29 is 19.2 Å². The monoisotopic (exact) mass is 384 g/mol. The number of carbonyl (C=O) groups excluding carboxylic acids is 4. The third-order valence-corrected chi connectivity index (χ3v) is 5.74. The molecule has 8 nitrogen and oxygen atoms in total. The number of benzene rings is 1. The molecule has 1 atom stereocenters. The Labute approximate surface area is 163 Å². The number of nitrogens with one attached hydrogen (secondary N) is 2. The predicted octanol–water partition coefficient (Wildman–Crippen LogP) is 0.728. The minimum atomic E-state index is -0.634. The maximum Gasteiger partial charge on any atom is 0.255 e. The molecule has 0 radical (unpaired) electrons. The minimum Gasteiger partial charge on any atom is -0.326 e. The molecule has 28 heavy (non-hydrogen) atoms. The number of nitrogens with zero attached hydrogens (tertiary/aromatic N) is 2. The van der Waals surface area contributed by atoms with Crippen molar-refractivity contribution in [2.45, 2.75) is 38.3 Å². The van der Waals surface area contributed by atoms with Crippen LogP contribution in [0.25, 0.3) is 0 Å². The van der Waals surface area contributed by atoms with Crippen LogP contribution in [-0.2, 0) is 20.9 Å². The van der Waals surface area contributed by atoms with Crippen molar-refractivity contribution in [1.29, 1.82) is 0 Å². The highest BCUT2D eigenvalue weighted by Gasteiger charge is 2.50. The van der Waals surface area contributed by atoms with E-state index in [9.17, 15) is 19.2 Å². The van der Waals surface area contributed by atoms with Crippen LogP contribution in [0.1, 0.15) is 41.6 Å². The first-order chi connectivity index (χ1) is 13.3. The molecule has 2 fully saturated rings. The summed E-state index contributed by atoms with van der Waals surface area (Å²) in [6.45, 7) is 1.03. The van der Waals surface area contributed by atoms with Gasteiger partial charge in [-0.25, -0.2) is 0 Å². The van der Waals surface area contributed by atoms with E-state index in [1.807, 2.05) is 25.1 Å². The van der Waals surface area contributed by atoms with Crippen molar-refractivity contribution in [1.82, 2.24) is 15.1 Å². The molecule has 1 saturated heterocycles. The molecule has 0 spiro atoms. The molecule has 8 heteroatoms. The summed E-state index contributed by atoms with van der Waals surface area (Å²) in [6.07, 6.45) is 2.29. The van der Waals surface area contributed by atoms with E-state index in [-0.39, 0.29) is 29.6 Å². The SMILES string of the molecule is CN(C)CC1(C(=O)Nc2ccc3c(c2)C(=O)N(C2CCC(=O)NC2=O)C3)CC1. The average Bonchev–Trinajstić information content (AvgIpc) is 3.33. The van der Waals surface area contributed by atoms with Gasteiger partial charge in [0.1, 0.15) is 6.04 Å². The summed E-state index contributed by atoms with van der Waals surface area (Å²) in [4.78, 5) is 52.5. The number of rotatable bonds is 5. The van der Waals surface area contributed by atoms with E-state index in [4.69, 9.17) is 0 Å². The molecule has 1 aromatic carbocycles. The fraction of sp³-hybridized carbons (Fsp3) is 0.500. The number of fused-ring (bicyclic) bond motifs is 1. The van der Waals surface area contributed by atoms with Crippen molar-refractivity contribution in [2.75, 3.05) is 26.0 Å². The van der Waals surface area contributed by atoms with Gasteiger partial charge in [-0.3, -0.25) is 24.5 Å². The highest BCUT2D eigenvalue weighted by atomic mass is 16.2. The summed E-state index contributed by atoms with van der Waals surface area (Å²) in [5, 5.41) is 5.25. The normalized spacial score (nSPS) is 22.9. The molecule has 3 aliphatic rings. The number of amides is 4. The van der Waals surface area contributed by atoms with Crippen molar-refractivity contribution >= 4 is 29.3 Å². The van der Waals surface area contributed by atoms with E-state index < -0.39 is 11.9 Å². The van der Waals surface area contributed by atoms with Crippen LogP contribution in [0.5, 0.6) is 0 Å². The number of anilines is 1. The third kappa shape index (κ3) is 3.28. The first-order valence-corrected chi connectivity index (χ1v) is 9.53. The molecule has 148 valence electrons. The Balaban J connectivity index is 1.48. The average molecular weight is 384 g/mol. The number of imide groups is 1. The lowest BCUT2D eigenvalue weighted by molar-refractivity contribution is -0.137. The van der Waals surface area contributed by atoms with Crippen LogP contribution in [0.4, 0.5) is 5.69 Å². The topological polar surface area (TPSA) is 98.8 Å². The highest BCUT2D eigenvalue weighted by molar-refractivity contribution is 6.06. The van der Waals surface area contributed by atoms with Gasteiger partial charge in [0.15, 0.2) is 0 Å². The second-order valence-corrected chi connectivity index (χ2v) is 8.24. The fourth-order valence-corrected chi connectivity index (χ4v) is 4.11. The zero-order valence-electron chi connectivity index (χ0n) is 16.1. The Hall–Kier alpha value is -2.74. The van der Waals surface area contributed by atoms with Gasteiger partial charge in [0, 0.05) is 30.8 Å². The molecule has 1 saturated carbocycles. The van der Waals surface area contributed by atoms with Crippen LogP contribution in [0.3, 0.4) is 0 Å². The summed E-state index contributed by atoms with van der Waals surface area (Å²) in [5.74, 6) is -0.990. The summed E-state index contributed by atoms with van der Waals surface area (Å²) in [7, 11) is 3.90. The van der Waals surface area contributed by atoms with E-state index >= 15 is 0 Å². The van der Waals surface area contributed by atoms with Crippen LogP contribution in [0, 0.1) is 5.41 Å². The smallest absolute Gasteiger partial charge is 0.255 e. The minimum absolute atomic E-state index is 0.0198. The largest absolute Gasteiger partial charge is 0.326 e. The Bertz CT molecular complexity index is 875. The van der Waals surface area contributed by atoms with Gasteiger partial charge in [0.2, 0.25) is 17.7 Å². The third-order valence-electron chi connectivity index (χ3n) is 5.74. The van der Waals surface area contributed by atoms with Gasteiger partial charge in [-0.05, 0) is 51.1 Å². The second-order valence-electron chi connectivity index (χ2n) is 8.24. The van der Waals surface area contributed by atoms with E-state index in [0.29, 0.717) is 30.8 Å². The van der Waals surface area contributed by atoms with E-state index in [2.05, 4.69) is 10.6 Å². The molecule has 2 heterocycles. The Morgan fingerprint density at radius 1 is 1.29 bits per heavy atom. The molecule has 0 bridgehead atoms. The molecule has 4 amide bonds. The number of hydrogen-bond donors (Lipinski definition) is 2. The first-order valence-electron chi connectivity index (χ1n) is 9.53. The molecule has 4 rings (SSSR count). The highest BCUT2D eigenvalue weighted by Crippen LogP contribution is 2.47. The van der Waals surface area contributed by atoms with Gasteiger partial charge in [0.05, 0.1) is 5.41 Å². The van der Waals surface area contributed by atoms with Gasteiger partial charge in [-0.2, -0.15) is 0 Å². The quantitative estimate of drug-likeness (QED) is 0.729. The van der Waals surface area contributed by atoms with Gasteiger partial charge in [0.25, 0.3) is 5.91 Å². The first kappa shape index (κ1) is 18.6.